The molecule has 0 saturated heterocycles. The molecule has 33 heavy (non-hydrogen) atoms. The van der Waals surface area contributed by atoms with Crippen molar-refractivity contribution in [1.29, 1.82) is 0 Å². The molecule has 0 radical (unpaired) electrons. The van der Waals surface area contributed by atoms with E-state index in [4.69, 9.17) is 14.7 Å². The molecule has 2 unspecified atom stereocenters. The molecule has 0 fully saturated rings. The fourth-order valence-electron chi connectivity index (χ4n) is 4.37. The molecule has 6 heteroatoms. The molecular weight excluding hydrogens is 416 g/mol. The first-order valence-electron chi connectivity index (χ1n) is 11.2. The van der Waals surface area contributed by atoms with Gasteiger partial charge in [-0.2, -0.15) is 0 Å². The van der Waals surface area contributed by atoms with Crippen molar-refractivity contribution in [2.75, 3.05) is 6.61 Å². The Labute approximate surface area is 193 Å². The number of benzene rings is 2. The minimum atomic E-state index is -0.964. The minimum absolute atomic E-state index is 0.287. The van der Waals surface area contributed by atoms with E-state index >= 15 is 0 Å². The van der Waals surface area contributed by atoms with E-state index in [1.807, 2.05) is 61.5 Å². The van der Waals surface area contributed by atoms with Gasteiger partial charge >= 0.3 is 5.97 Å². The fraction of sp³-hybridized carbons (Fsp3) is 0.296. The van der Waals surface area contributed by atoms with E-state index < -0.39 is 5.97 Å². The van der Waals surface area contributed by atoms with Crippen LogP contribution in [0.15, 0.2) is 78.2 Å². The maximum Gasteiger partial charge on any atom is 0.341 e. The number of oxime groups is 1. The van der Waals surface area contributed by atoms with Gasteiger partial charge in [-0.05, 0) is 73.4 Å². The Kier molecular flexibility index (Phi) is 7.35. The Hall–Kier alpha value is -3.67. The molecule has 6 nitrogen and oxygen atoms in total. The van der Waals surface area contributed by atoms with Crippen LogP contribution in [-0.4, -0.2) is 28.4 Å². The molecule has 1 aromatic heterocycles. The number of fused-ring (bicyclic) bond motifs is 1. The van der Waals surface area contributed by atoms with E-state index in [0.717, 1.165) is 48.1 Å². The minimum Gasteiger partial charge on any atom is -0.482 e. The topological polar surface area (TPSA) is 81.0 Å². The molecule has 1 aliphatic carbocycles. The molecule has 2 aromatic carbocycles. The monoisotopic (exact) mass is 444 g/mol. The number of hydrogen-bond donors (Lipinski definition) is 1. The van der Waals surface area contributed by atoms with Crippen LogP contribution in [0.1, 0.15) is 48.1 Å². The highest BCUT2D eigenvalue weighted by atomic mass is 16.6. The lowest BCUT2D eigenvalue weighted by Gasteiger charge is -2.26. The van der Waals surface area contributed by atoms with Gasteiger partial charge in [0.15, 0.2) is 12.7 Å². The van der Waals surface area contributed by atoms with Crippen LogP contribution in [0.4, 0.5) is 0 Å². The quantitative estimate of drug-likeness (QED) is 0.361. The molecule has 0 spiro atoms. The summed E-state index contributed by atoms with van der Waals surface area (Å²) in [5.41, 5.74) is 5.36. The van der Waals surface area contributed by atoms with Crippen LogP contribution in [0.25, 0.3) is 0 Å². The number of nitrogens with zero attached hydrogens (tertiary/aromatic N) is 2. The first-order valence-corrected chi connectivity index (χ1v) is 11.2. The molecule has 1 N–H and O–H groups in total. The lowest BCUT2D eigenvalue weighted by atomic mass is 9.81. The van der Waals surface area contributed by atoms with Gasteiger partial charge in [0.1, 0.15) is 5.75 Å². The van der Waals surface area contributed by atoms with Crippen molar-refractivity contribution in [1.82, 2.24) is 4.98 Å². The molecule has 4 rings (SSSR count). The van der Waals surface area contributed by atoms with Gasteiger partial charge in [0.05, 0.1) is 5.71 Å². The first-order chi connectivity index (χ1) is 16.1. The van der Waals surface area contributed by atoms with Crippen LogP contribution in [0.2, 0.25) is 0 Å². The molecule has 3 aromatic rings. The smallest absolute Gasteiger partial charge is 0.341 e. The summed E-state index contributed by atoms with van der Waals surface area (Å²) >= 11 is 0. The lowest BCUT2D eigenvalue weighted by Crippen LogP contribution is -2.19. The summed E-state index contributed by atoms with van der Waals surface area (Å²) in [4.78, 5) is 21.0. The average molecular weight is 445 g/mol. The zero-order chi connectivity index (χ0) is 23.0. The van der Waals surface area contributed by atoms with Gasteiger partial charge in [0.2, 0.25) is 0 Å². The molecule has 170 valence electrons. The molecule has 0 saturated carbocycles. The first kappa shape index (κ1) is 22.5. The van der Waals surface area contributed by atoms with E-state index in [1.54, 1.807) is 12.4 Å². The van der Waals surface area contributed by atoms with E-state index in [2.05, 4.69) is 16.2 Å². The van der Waals surface area contributed by atoms with Crippen LogP contribution in [0.3, 0.4) is 0 Å². The van der Waals surface area contributed by atoms with Crippen molar-refractivity contribution < 1.29 is 19.5 Å². The number of hydrogen-bond acceptors (Lipinski definition) is 5. The summed E-state index contributed by atoms with van der Waals surface area (Å²) in [5.74, 6) is 0.175. The molecule has 1 aliphatic rings. The van der Waals surface area contributed by atoms with Gasteiger partial charge < -0.3 is 14.7 Å². The number of pyridine rings is 1. The Balaban J connectivity index is 1.42. The van der Waals surface area contributed by atoms with Crippen LogP contribution >= 0.6 is 0 Å². The van der Waals surface area contributed by atoms with Crippen molar-refractivity contribution >= 4 is 11.7 Å². The predicted octanol–water partition coefficient (Wildman–Crippen LogP) is 5.22. The SMILES string of the molecule is C/C(CC1CCc2c(cccc2OCC(=O)O)C1)=N\OC(c1ccccc1)c1ccncc1. The number of aliphatic carboxylic acids is 1. The average Bonchev–Trinajstić information content (AvgIpc) is 2.84. The standard InChI is InChI=1S/C27H28N2O4/c1-19(29-33-27(21-6-3-2-4-7-21)22-12-14-28-15-13-22)16-20-10-11-24-23(17-20)8-5-9-25(24)32-18-26(30)31/h2-9,12-15,20,27H,10-11,16-18H2,1H3,(H,30,31)/b29-19+. The second-order valence-corrected chi connectivity index (χ2v) is 8.39. The third kappa shape index (κ3) is 5.98. The van der Waals surface area contributed by atoms with Crippen LogP contribution < -0.4 is 4.74 Å². The van der Waals surface area contributed by atoms with Crippen molar-refractivity contribution in [2.45, 2.75) is 38.7 Å². The van der Waals surface area contributed by atoms with Crippen LogP contribution in [0, 0.1) is 5.92 Å². The zero-order valence-electron chi connectivity index (χ0n) is 18.7. The molecule has 0 bridgehead atoms. The Morgan fingerprint density at radius 2 is 1.85 bits per heavy atom. The second kappa shape index (κ2) is 10.8. The van der Waals surface area contributed by atoms with Crippen LogP contribution in [-0.2, 0) is 22.5 Å². The van der Waals surface area contributed by atoms with Gasteiger partial charge in [-0.15, -0.1) is 0 Å². The fourth-order valence-corrected chi connectivity index (χ4v) is 4.37. The predicted molar refractivity (Wildman–Crippen MR) is 126 cm³/mol. The molecule has 2 atom stereocenters. The molecule has 1 heterocycles. The number of aromatic nitrogens is 1. The van der Waals surface area contributed by atoms with Gasteiger partial charge in [-0.3, -0.25) is 4.98 Å². The Morgan fingerprint density at radius 3 is 2.61 bits per heavy atom. The molecule has 0 aliphatic heterocycles. The van der Waals surface area contributed by atoms with Gasteiger partial charge in [-0.1, -0.05) is 47.6 Å². The lowest BCUT2D eigenvalue weighted by molar-refractivity contribution is -0.139. The third-order valence-electron chi connectivity index (χ3n) is 5.90. The van der Waals surface area contributed by atoms with Crippen molar-refractivity contribution in [3.8, 4) is 5.75 Å². The second-order valence-electron chi connectivity index (χ2n) is 8.39. The number of ether oxygens (including phenoxy) is 1. The summed E-state index contributed by atoms with van der Waals surface area (Å²) in [6.45, 7) is 1.69. The normalized spacial score (nSPS) is 16.5. The number of rotatable bonds is 9. The zero-order valence-corrected chi connectivity index (χ0v) is 18.7. The van der Waals surface area contributed by atoms with Crippen LogP contribution in [0.5, 0.6) is 5.75 Å². The van der Waals surface area contributed by atoms with Crippen molar-refractivity contribution in [3.05, 3.63) is 95.3 Å². The summed E-state index contributed by atoms with van der Waals surface area (Å²) in [5, 5.41) is 13.4. The summed E-state index contributed by atoms with van der Waals surface area (Å²) in [6, 6.07) is 19.8. The Morgan fingerprint density at radius 1 is 1.09 bits per heavy atom. The third-order valence-corrected chi connectivity index (χ3v) is 5.90. The summed E-state index contributed by atoms with van der Waals surface area (Å²) in [7, 11) is 0. The van der Waals surface area contributed by atoms with Crippen molar-refractivity contribution in [3.63, 3.8) is 0 Å². The van der Waals surface area contributed by atoms with E-state index in [1.165, 1.54) is 5.56 Å². The van der Waals surface area contributed by atoms with Gasteiger partial charge in [0.25, 0.3) is 0 Å². The number of carboxylic acid groups (broad SMARTS) is 1. The highest BCUT2D eigenvalue weighted by Gasteiger charge is 2.23. The van der Waals surface area contributed by atoms with E-state index in [9.17, 15) is 4.79 Å². The van der Waals surface area contributed by atoms with E-state index in [0.29, 0.717) is 11.7 Å². The van der Waals surface area contributed by atoms with Gasteiger partial charge in [-0.25, -0.2) is 4.79 Å². The van der Waals surface area contributed by atoms with Gasteiger partial charge in [0, 0.05) is 18.0 Å². The number of carbonyl (C=O) groups is 1. The largest absolute Gasteiger partial charge is 0.482 e. The summed E-state index contributed by atoms with van der Waals surface area (Å²) < 4.78 is 5.48. The summed E-state index contributed by atoms with van der Waals surface area (Å²) in [6.07, 6.45) is 6.87. The maximum atomic E-state index is 10.9. The number of carboxylic acids is 1. The molecule has 0 amide bonds. The highest BCUT2D eigenvalue weighted by Crippen LogP contribution is 2.34. The van der Waals surface area contributed by atoms with E-state index in [-0.39, 0.29) is 12.7 Å². The maximum absolute atomic E-state index is 10.9. The highest BCUT2D eigenvalue weighted by molar-refractivity contribution is 5.81. The Bertz CT molecular complexity index is 1060. The molecular formula is C27H28N2O4. The van der Waals surface area contributed by atoms with Crippen molar-refractivity contribution in [2.24, 2.45) is 11.1 Å².